The van der Waals surface area contributed by atoms with Crippen LogP contribution in [0.4, 0.5) is 0 Å². The summed E-state index contributed by atoms with van der Waals surface area (Å²) in [4.78, 5) is 28.3. The number of ether oxygens (including phenoxy) is 1. The molecule has 63 heavy (non-hydrogen) atoms. The Bertz CT molecular complexity index is 2260. The predicted octanol–water partition coefficient (Wildman–Crippen LogP) is 4.31. The van der Waals surface area contributed by atoms with Crippen molar-refractivity contribution in [2.75, 3.05) is 7.05 Å². The van der Waals surface area contributed by atoms with E-state index in [2.05, 4.69) is 35.4 Å². The molecule has 7 saturated carbocycles. The van der Waals surface area contributed by atoms with Crippen LogP contribution in [0.15, 0.2) is 54.2 Å². The Balaban J connectivity index is 1.07. The van der Waals surface area contributed by atoms with Crippen molar-refractivity contribution < 1.29 is 45.0 Å². The molecule has 1 spiro atoms. The van der Waals surface area contributed by atoms with Gasteiger partial charge in [0, 0.05) is 53.2 Å². The van der Waals surface area contributed by atoms with Crippen molar-refractivity contribution in [3.8, 4) is 11.8 Å². The van der Waals surface area contributed by atoms with Gasteiger partial charge in [-0.15, -0.1) is 0 Å². The lowest BCUT2D eigenvalue weighted by molar-refractivity contribution is -0.390. The number of rotatable bonds is 4. The molecule has 0 radical (unpaired) electrons. The normalized spacial score (nSPS) is 52.2. The summed E-state index contributed by atoms with van der Waals surface area (Å²) < 4.78 is 6.29. The molecule has 1 aromatic carbocycles. The van der Waals surface area contributed by atoms with Crippen LogP contribution in [0, 0.1) is 93.7 Å². The maximum atomic E-state index is 14.6. The highest BCUT2D eigenvalue weighted by Gasteiger charge is 2.88. The van der Waals surface area contributed by atoms with Gasteiger partial charge >= 0.3 is 5.97 Å². The van der Waals surface area contributed by atoms with Gasteiger partial charge in [-0.05, 0) is 135 Å². The largest absolute Gasteiger partial charge is 0.454 e. The van der Waals surface area contributed by atoms with E-state index >= 15 is 0 Å². The Morgan fingerprint density at radius 1 is 0.921 bits per heavy atom. The van der Waals surface area contributed by atoms with E-state index in [0.29, 0.717) is 56.8 Å². The monoisotopic (exact) mass is 859 g/mol. The van der Waals surface area contributed by atoms with Gasteiger partial charge < -0.3 is 45.5 Å². The molecule has 4 bridgehead atoms. The number of esters is 1. The van der Waals surface area contributed by atoms with E-state index in [0.717, 1.165) is 47.8 Å². The average Bonchev–Trinajstić information content (AvgIpc) is 3.99. The minimum absolute atomic E-state index is 0.0470. The predicted molar refractivity (Wildman–Crippen MR) is 232 cm³/mol. The molecule has 0 aromatic heterocycles. The second kappa shape index (κ2) is 14.2. The number of carbonyl (C=O) groups is 2. The summed E-state index contributed by atoms with van der Waals surface area (Å²) in [6.45, 7) is -0.133. The van der Waals surface area contributed by atoms with Crippen molar-refractivity contribution >= 4 is 12.3 Å². The molecule has 336 valence electrons. The molecular weight excluding hydrogens is 795 g/mol. The van der Waals surface area contributed by atoms with Crippen molar-refractivity contribution in [3.63, 3.8) is 0 Å². The van der Waals surface area contributed by atoms with Crippen molar-refractivity contribution in [1.29, 1.82) is 0 Å². The number of hydrogen-bond acceptors (Lipinski definition) is 10. The highest BCUT2D eigenvalue weighted by Crippen LogP contribution is 2.80. The first-order valence-corrected chi connectivity index (χ1v) is 24.5. The fourth-order valence-corrected chi connectivity index (χ4v) is 18.9. The lowest BCUT2D eigenvalue weighted by atomic mass is 9.30. The number of nitrogens with one attached hydrogen (secondary N) is 1. The zero-order valence-electron chi connectivity index (χ0n) is 36.4. The minimum atomic E-state index is -2.24. The summed E-state index contributed by atoms with van der Waals surface area (Å²) in [6.07, 6.45) is 17.1. The van der Waals surface area contributed by atoms with E-state index in [-0.39, 0.29) is 55.1 Å². The van der Waals surface area contributed by atoms with E-state index in [4.69, 9.17) is 4.74 Å². The van der Waals surface area contributed by atoms with E-state index in [1.807, 2.05) is 31.3 Å². The smallest absolute Gasteiger partial charge is 0.331 e. The molecule has 1 aromatic rings. The Labute approximate surface area is 370 Å². The van der Waals surface area contributed by atoms with Crippen LogP contribution in [-0.2, 0) is 27.4 Å². The SMILES string of the molecule is CN[C@@H]1Cc2c(cccc2CO)C#CCC[C@]23C[C@H]4C=C[C@H]5C[C@H](O)[C@@H]6C[C@H]7C=CC[C@@H](C8CCCC8)[C@@H]7C[C@H]7[C@H](O)[C@](O)([C@H]4[C@]5(C=O)[C@@]67O)[C@@]2(O)C[C@@H]2C[C@@H]1[C@@H]1OC(=O)C=C1[C@@H]23. The number of likely N-dealkylation sites (N-methyl/N-ethyl adjacent to an activating group) is 1. The molecule has 10 heteroatoms. The van der Waals surface area contributed by atoms with Crippen LogP contribution < -0.4 is 5.32 Å². The minimum Gasteiger partial charge on any atom is -0.454 e. The van der Waals surface area contributed by atoms with Crippen LogP contribution in [0.3, 0.4) is 0 Å². The van der Waals surface area contributed by atoms with E-state index in [1.54, 1.807) is 6.08 Å². The summed E-state index contributed by atoms with van der Waals surface area (Å²) in [5.74, 6) is 2.82. The fraction of sp³-hybridized carbons (Fsp3) is 0.698. The number of carbonyl (C=O) groups excluding carboxylic acids is 2. The van der Waals surface area contributed by atoms with Gasteiger partial charge in [-0.2, -0.15) is 0 Å². The third kappa shape index (κ3) is 5.01. The topological polar surface area (TPSA) is 177 Å². The van der Waals surface area contributed by atoms with Gasteiger partial charge in [0.15, 0.2) is 0 Å². The van der Waals surface area contributed by atoms with Gasteiger partial charge in [0.05, 0.1) is 29.8 Å². The van der Waals surface area contributed by atoms with Crippen molar-refractivity contribution in [2.24, 2.45) is 81.8 Å². The third-order valence-corrected chi connectivity index (χ3v) is 20.9. The lowest BCUT2D eigenvalue weighted by Crippen LogP contribution is -2.88. The summed E-state index contributed by atoms with van der Waals surface area (Å²) in [5, 5.41) is 82.8. The molecule has 20 atom stereocenters. The number of allylic oxidation sites excluding steroid dienone is 4. The number of hydrogen-bond donors (Lipinski definition) is 7. The number of aliphatic hydroxyl groups excluding tert-OH is 3. The Kier molecular flexibility index (Phi) is 9.30. The van der Waals surface area contributed by atoms with Gasteiger partial charge in [0.2, 0.25) is 0 Å². The van der Waals surface area contributed by atoms with Gasteiger partial charge in [0.1, 0.15) is 23.6 Å². The van der Waals surface area contributed by atoms with E-state index < -0.39 is 81.5 Å². The Hall–Kier alpha value is -3.14. The lowest BCUT2D eigenvalue weighted by Gasteiger charge is -2.76. The molecule has 0 saturated heterocycles. The summed E-state index contributed by atoms with van der Waals surface area (Å²) in [5.41, 5.74) is -5.28. The van der Waals surface area contributed by atoms with Crippen LogP contribution in [0.25, 0.3) is 0 Å². The first-order chi connectivity index (χ1) is 30.4. The van der Waals surface area contributed by atoms with Crippen LogP contribution in [0.1, 0.15) is 100 Å². The van der Waals surface area contributed by atoms with Gasteiger partial charge in [-0.1, -0.05) is 74.0 Å². The Morgan fingerprint density at radius 2 is 1.75 bits per heavy atom. The highest BCUT2D eigenvalue weighted by molar-refractivity contribution is 5.86. The van der Waals surface area contributed by atoms with E-state index in [9.17, 15) is 40.2 Å². The molecule has 13 rings (SSSR count). The van der Waals surface area contributed by atoms with Gasteiger partial charge in [-0.3, -0.25) is 0 Å². The number of aliphatic hydroxyl groups is 6. The second-order valence-corrected chi connectivity index (χ2v) is 22.5. The maximum Gasteiger partial charge on any atom is 0.331 e. The Morgan fingerprint density at radius 3 is 2.52 bits per heavy atom. The standard InChI is InChI=1S/C53H65NO9/c1-54-42-22-36-29(11-6-13-32(36)26-55)10-4-5-17-49-24-31-15-16-34-20-43(57)40-19-30-12-7-14-35(28-8-2-3-9-28)37(30)21-41-48(59)53(62,47(31)50(34,27-56)52(40,41)61)51(49,60)25-33-18-38(42)46-39(45(33)49)23-44(58)63-46/h6-7,11-13,15-16,23,27-28,30-31,33-35,37-38,40-43,45-48,54-55,57,59-62H,2-3,5,8-9,14,17-22,24-26H2,1H3/t30-,31-,33+,34+,35+,37-,38+,40+,41+,42-,43+,45-,46+,47-,48+,49-,50-,51-,52-,53-/m1/s1. The van der Waals surface area contributed by atoms with Crippen LogP contribution in [0.2, 0.25) is 0 Å². The maximum absolute atomic E-state index is 14.6. The molecule has 0 amide bonds. The fourth-order valence-electron chi connectivity index (χ4n) is 18.9. The zero-order valence-corrected chi connectivity index (χ0v) is 36.4. The molecule has 12 aliphatic rings. The molecule has 0 unspecified atom stereocenters. The highest BCUT2D eigenvalue weighted by atomic mass is 16.5. The van der Waals surface area contributed by atoms with Gasteiger partial charge in [0.25, 0.3) is 0 Å². The first-order valence-electron chi connectivity index (χ1n) is 24.5. The summed E-state index contributed by atoms with van der Waals surface area (Å²) in [7, 11) is 1.91. The summed E-state index contributed by atoms with van der Waals surface area (Å²) >= 11 is 0. The second-order valence-electron chi connectivity index (χ2n) is 22.5. The third-order valence-electron chi connectivity index (χ3n) is 20.9. The molecule has 1 aliphatic heterocycles. The molecule has 11 aliphatic carbocycles. The summed E-state index contributed by atoms with van der Waals surface area (Å²) in [6, 6.07) is 5.62. The van der Waals surface area contributed by atoms with Crippen molar-refractivity contribution in [2.45, 2.75) is 138 Å². The molecule has 1 heterocycles. The van der Waals surface area contributed by atoms with Crippen LogP contribution in [-0.4, -0.2) is 91.1 Å². The molecule has 7 N–H and O–H groups in total. The van der Waals surface area contributed by atoms with E-state index in [1.165, 1.54) is 12.8 Å². The number of benzene rings is 1. The number of aldehydes is 1. The average molecular weight is 860 g/mol. The molecule has 7 fully saturated rings. The first kappa shape index (κ1) is 41.3. The van der Waals surface area contributed by atoms with Crippen LogP contribution in [0.5, 0.6) is 0 Å². The van der Waals surface area contributed by atoms with Crippen molar-refractivity contribution in [3.05, 3.63) is 70.8 Å². The van der Waals surface area contributed by atoms with Gasteiger partial charge in [-0.25, -0.2) is 4.79 Å². The quantitative estimate of drug-likeness (QED) is 0.100. The zero-order chi connectivity index (χ0) is 43.4. The molecular formula is C53H65NO9. The number of fused-ring (bicyclic) bond motifs is 5. The van der Waals surface area contributed by atoms with Crippen molar-refractivity contribution in [1.82, 2.24) is 5.32 Å². The van der Waals surface area contributed by atoms with Crippen LogP contribution >= 0.6 is 0 Å². The molecule has 10 nitrogen and oxygen atoms in total.